The molecule has 2 rings (SSSR count). The maximum absolute atomic E-state index is 12.2. The number of ether oxygens (including phenoxy) is 1. The second kappa shape index (κ2) is 5.18. The lowest BCUT2D eigenvalue weighted by atomic mass is 9.93. The minimum Gasteiger partial charge on any atom is -0.490 e. The van der Waals surface area contributed by atoms with Gasteiger partial charge in [0.05, 0.1) is 6.61 Å². The highest BCUT2D eigenvalue weighted by Crippen LogP contribution is 2.28. The van der Waals surface area contributed by atoms with Crippen LogP contribution in [0, 0.1) is 5.92 Å². The molecule has 4 nitrogen and oxygen atoms in total. The normalized spacial score (nSPS) is 18.9. The van der Waals surface area contributed by atoms with E-state index in [0.717, 1.165) is 0 Å². The van der Waals surface area contributed by atoms with Crippen LogP contribution in [0.2, 0.25) is 0 Å². The Kier molecular flexibility index (Phi) is 3.60. The molecule has 0 fully saturated rings. The van der Waals surface area contributed by atoms with Crippen LogP contribution in [0.25, 0.3) is 0 Å². The van der Waals surface area contributed by atoms with Crippen LogP contribution in [0.1, 0.15) is 24.2 Å². The molecule has 1 aromatic rings. The standard InChI is InChI=1S/C15H14O4/c1-3-19-15-9(2)12(16)11(14(15)18)13(17)10-7-5-4-6-8-10/h4-8,11H,3H2,1-2H3. The van der Waals surface area contributed by atoms with Crippen LogP contribution in [0.5, 0.6) is 0 Å². The molecule has 1 aromatic carbocycles. The highest BCUT2D eigenvalue weighted by atomic mass is 16.5. The second-order valence-electron chi connectivity index (χ2n) is 4.28. The molecule has 0 saturated heterocycles. The van der Waals surface area contributed by atoms with Crippen molar-refractivity contribution in [1.29, 1.82) is 0 Å². The quantitative estimate of drug-likeness (QED) is 0.611. The number of ketones is 3. The number of hydrogen-bond acceptors (Lipinski definition) is 4. The van der Waals surface area contributed by atoms with Crippen molar-refractivity contribution in [1.82, 2.24) is 0 Å². The van der Waals surface area contributed by atoms with Crippen molar-refractivity contribution in [2.75, 3.05) is 6.61 Å². The van der Waals surface area contributed by atoms with Crippen molar-refractivity contribution in [3.8, 4) is 0 Å². The third-order valence-corrected chi connectivity index (χ3v) is 3.07. The first kappa shape index (κ1) is 13.2. The van der Waals surface area contributed by atoms with Gasteiger partial charge in [0.2, 0.25) is 5.78 Å². The zero-order valence-corrected chi connectivity index (χ0v) is 10.8. The lowest BCUT2D eigenvalue weighted by Gasteiger charge is -2.07. The van der Waals surface area contributed by atoms with Crippen LogP contribution in [-0.2, 0) is 14.3 Å². The molecule has 4 heteroatoms. The summed E-state index contributed by atoms with van der Waals surface area (Å²) in [5, 5.41) is 0. The van der Waals surface area contributed by atoms with E-state index in [-0.39, 0.29) is 17.9 Å². The minimum atomic E-state index is -1.27. The molecule has 0 bridgehead atoms. The molecule has 0 N–H and O–H groups in total. The maximum atomic E-state index is 12.2. The predicted octanol–water partition coefficient (Wildman–Crippen LogP) is 1.95. The van der Waals surface area contributed by atoms with Crippen LogP contribution in [0.3, 0.4) is 0 Å². The highest BCUT2D eigenvalue weighted by Gasteiger charge is 2.44. The van der Waals surface area contributed by atoms with Crippen molar-refractivity contribution in [2.45, 2.75) is 13.8 Å². The van der Waals surface area contributed by atoms with Gasteiger partial charge in [-0.15, -0.1) is 0 Å². The fourth-order valence-corrected chi connectivity index (χ4v) is 2.09. The molecule has 1 aliphatic rings. The zero-order valence-electron chi connectivity index (χ0n) is 10.8. The van der Waals surface area contributed by atoms with E-state index in [1.807, 2.05) is 0 Å². The topological polar surface area (TPSA) is 60.4 Å². The van der Waals surface area contributed by atoms with Gasteiger partial charge >= 0.3 is 0 Å². The Labute approximate surface area is 111 Å². The van der Waals surface area contributed by atoms with Gasteiger partial charge in [0.15, 0.2) is 23.2 Å². The van der Waals surface area contributed by atoms with E-state index >= 15 is 0 Å². The van der Waals surface area contributed by atoms with Crippen molar-refractivity contribution in [3.63, 3.8) is 0 Å². The number of benzene rings is 1. The molecular weight excluding hydrogens is 244 g/mol. The summed E-state index contributed by atoms with van der Waals surface area (Å²) in [5.74, 6) is -2.70. The molecule has 0 saturated carbocycles. The summed E-state index contributed by atoms with van der Waals surface area (Å²) < 4.78 is 5.17. The average Bonchev–Trinajstić information content (AvgIpc) is 2.64. The van der Waals surface area contributed by atoms with Gasteiger partial charge in [-0.05, 0) is 13.8 Å². The smallest absolute Gasteiger partial charge is 0.216 e. The van der Waals surface area contributed by atoms with Gasteiger partial charge in [0.25, 0.3) is 0 Å². The van der Waals surface area contributed by atoms with Crippen LogP contribution < -0.4 is 0 Å². The van der Waals surface area contributed by atoms with Gasteiger partial charge in [-0.25, -0.2) is 0 Å². The lowest BCUT2D eigenvalue weighted by Crippen LogP contribution is -2.27. The van der Waals surface area contributed by atoms with Crippen LogP contribution in [0.15, 0.2) is 41.7 Å². The number of hydrogen-bond donors (Lipinski definition) is 0. The van der Waals surface area contributed by atoms with Gasteiger partial charge in [-0.3, -0.25) is 14.4 Å². The molecule has 1 aliphatic carbocycles. The molecule has 0 radical (unpaired) electrons. The Morgan fingerprint density at radius 2 is 1.79 bits per heavy atom. The summed E-state index contributed by atoms with van der Waals surface area (Å²) in [6.45, 7) is 3.53. The predicted molar refractivity (Wildman–Crippen MR) is 68.6 cm³/mol. The Balaban J connectivity index is 2.32. The van der Waals surface area contributed by atoms with E-state index in [1.165, 1.54) is 6.92 Å². The fraction of sp³-hybridized carbons (Fsp3) is 0.267. The van der Waals surface area contributed by atoms with Gasteiger partial charge in [0, 0.05) is 11.1 Å². The lowest BCUT2D eigenvalue weighted by molar-refractivity contribution is -0.125. The molecule has 98 valence electrons. The summed E-state index contributed by atoms with van der Waals surface area (Å²) in [4.78, 5) is 36.4. The molecule has 0 aliphatic heterocycles. The van der Waals surface area contributed by atoms with Gasteiger partial charge in [-0.1, -0.05) is 30.3 Å². The van der Waals surface area contributed by atoms with E-state index in [4.69, 9.17) is 4.74 Å². The molecular formula is C15H14O4. The van der Waals surface area contributed by atoms with Crippen molar-refractivity contribution in [2.24, 2.45) is 5.92 Å². The van der Waals surface area contributed by atoms with E-state index < -0.39 is 23.3 Å². The summed E-state index contributed by atoms with van der Waals surface area (Å²) >= 11 is 0. The fourth-order valence-electron chi connectivity index (χ4n) is 2.09. The minimum absolute atomic E-state index is 0.0294. The summed E-state index contributed by atoms with van der Waals surface area (Å²) in [6.07, 6.45) is 0. The summed E-state index contributed by atoms with van der Waals surface area (Å²) in [7, 11) is 0. The highest BCUT2D eigenvalue weighted by molar-refractivity contribution is 6.35. The molecule has 0 amide bonds. The number of carbonyl (C=O) groups excluding carboxylic acids is 3. The first-order valence-electron chi connectivity index (χ1n) is 6.09. The molecule has 1 atom stereocenters. The number of rotatable bonds is 4. The van der Waals surface area contributed by atoms with Gasteiger partial charge < -0.3 is 4.74 Å². The van der Waals surface area contributed by atoms with Crippen LogP contribution >= 0.6 is 0 Å². The molecule has 0 heterocycles. The third-order valence-electron chi connectivity index (χ3n) is 3.07. The molecule has 0 spiro atoms. The van der Waals surface area contributed by atoms with Crippen molar-refractivity contribution < 1.29 is 19.1 Å². The molecule has 0 aromatic heterocycles. The Bertz CT molecular complexity index is 569. The molecule has 1 unspecified atom stereocenters. The van der Waals surface area contributed by atoms with Gasteiger partial charge in [0.1, 0.15) is 0 Å². The van der Waals surface area contributed by atoms with Crippen molar-refractivity contribution >= 4 is 17.3 Å². The number of allylic oxidation sites excluding steroid dienone is 2. The average molecular weight is 258 g/mol. The Morgan fingerprint density at radius 3 is 2.37 bits per heavy atom. The van der Waals surface area contributed by atoms with Crippen LogP contribution in [0.4, 0.5) is 0 Å². The van der Waals surface area contributed by atoms with Gasteiger partial charge in [-0.2, -0.15) is 0 Å². The summed E-state index contributed by atoms with van der Waals surface area (Å²) in [6, 6.07) is 8.35. The van der Waals surface area contributed by atoms with E-state index in [0.29, 0.717) is 5.56 Å². The second-order valence-corrected chi connectivity index (χ2v) is 4.28. The largest absolute Gasteiger partial charge is 0.490 e. The van der Waals surface area contributed by atoms with E-state index in [9.17, 15) is 14.4 Å². The SMILES string of the molecule is CCOC1=C(C)C(=O)C(C(=O)c2ccccc2)C1=O. The van der Waals surface area contributed by atoms with Crippen molar-refractivity contribution in [3.05, 3.63) is 47.2 Å². The number of carbonyl (C=O) groups is 3. The van der Waals surface area contributed by atoms with E-state index in [1.54, 1.807) is 37.3 Å². The summed E-state index contributed by atoms with van der Waals surface area (Å²) in [5.41, 5.74) is 0.598. The monoisotopic (exact) mass is 258 g/mol. The third kappa shape index (κ3) is 2.21. The first-order valence-corrected chi connectivity index (χ1v) is 6.09. The molecule has 19 heavy (non-hydrogen) atoms. The van der Waals surface area contributed by atoms with Crippen LogP contribution in [-0.4, -0.2) is 24.0 Å². The first-order chi connectivity index (χ1) is 9.07. The Morgan fingerprint density at radius 1 is 1.16 bits per heavy atom. The number of Topliss-reactive ketones (excluding diaryl/α,β-unsaturated/α-hetero) is 3. The Hall–Kier alpha value is -2.23. The maximum Gasteiger partial charge on any atom is 0.216 e. The van der Waals surface area contributed by atoms with E-state index in [2.05, 4.69) is 0 Å². The zero-order chi connectivity index (χ0) is 14.0.